The lowest BCUT2D eigenvalue weighted by molar-refractivity contribution is 0.160. The van der Waals surface area contributed by atoms with Crippen molar-refractivity contribution in [2.45, 2.75) is 32.4 Å². The molecular weight excluding hydrogens is 266 g/mol. The summed E-state index contributed by atoms with van der Waals surface area (Å²) in [5.41, 5.74) is 0.919. The van der Waals surface area contributed by atoms with Crippen molar-refractivity contribution in [3.63, 3.8) is 0 Å². The van der Waals surface area contributed by atoms with E-state index in [0.29, 0.717) is 29.6 Å². The zero-order valence-corrected chi connectivity index (χ0v) is 12.5. The lowest BCUT2D eigenvalue weighted by Gasteiger charge is -2.14. The van der Waals surface area contributed by atoms with Gasteiger partial charge in [0.25, 0.3) is 0 Å². The summed E-state index contributed by atoms with van der Waals surface area (Å²) >= 11 is 6.26. The van der Waals surface area contributed by atoms with E-state index >= 15 is 0 Å². The highest BCUT2D eigenvalue weighted by Crippen LogP contribution is 2.37. The molecule has 0 aliphatic rings. The van der Waals surface area contributed by atoms with Gasteiger partial charge in [-0.15, -0.1) is 0 Å². The Labute approximate surface area is 119 Å². The summed E-state index contributed by atoms with van der Waals surface area (Å²) in [5, 5.41) is 13.4. The highest BCUT2D eigenvalue weighted by atomic mass is 35.5. The second-order valence-corrected chi connectivity index (χ2v) is 4.73. The third-order valence-electron chi connectivity index (χ3n) is 2.88. The number of aliphatic hydroxyl groups excluding tert-OH is 1. The molecular formula is C14H22ClNO3. The predicted octanol–water partition coefficient (Wildman–Crippen LogP) is 2.61. The van der Waals surface area contributed by atoms with Crippen LogP contribution in [-0.4, -0.2) is 32.0 Å². The van der Waals surface area contributed by atoms with Crippen LogP contribution in [0, 0.1) is 0 Å². The van der Waals surface area contributed by atoms with Crippen LogP contribution in [0.25, 0.3) is 0 Å². The molecule has 1 unspecified atom stereocenters. The molecule has 0 heterocycles. The maximum atomic E-state index is 9.64. The summed E-state index contributed by atoms with van der Waals surface area (Å²) in [4.78, 5) is 0. The first-order valence-electron chi connectivity index (χ1n) is 6.42. The normalized spacial score (nSPS) is 12.3. The Morgan fingerprint density at radius 1 is 1.32 bits per heavy atom. The Morgan fingerprint density at radius 3 is 2.63 bits per heavy atom. The van der Waals surface area contributed by atoms with Crippen molar-refractivity contribution in [3.8, 4) is 11.5 Å². The van der Waals surface area contributed by atoms with Crippen LogP contribution in [0.3, 0.4) is 0 Å². The molecule has 19 heavy (non-hydrogen) atoms. The molecule has 4 nitrogen and oxygen atoms in total. The first-order valence-corrected chi connectivity index (χ1v) is 6.79. The Bertz CT molecular complexity index is 399. The number of benzene rings is 1. The second-order valence-electron chi connectivity index (χ2n) is 4.35. The molecule has 0 saturated carbocycles. The SMILES string of the molecule is CCCC(O)CNCc1ccc(OC)c(OC)c1Cl. The minimum atomic E-state index is -0.316. The molecule has 2 N–H and O–H groups in total. The lowest BCUT2D eigenvalue weighted by Crippen LogP contribution is -2.26. The average molecular weight is 288 g/mol. The van der Waals surface area contributed by atoms with Crippen molar-refractivity contribution >= 4 is 11.6 Å². The van der Waals surface area contributed by atoms with E-state index in [9.17, 15) is 5.11 Å². The minimum Gasteiger partial charge on any atom is -0.493 e. The highest BCUT2D eigenvalue weighted by Gasteiger charge is 2.13. The number of ether oxygens (including phenoxy) is 2. The van der Waals surface area contributed by atoms with Gasteiger partial charge in [-0.2, -0.15) is 0 Å². The van der Waals surface area contributed by atoms with Gasteiger partial charge in [-0.05, 0) is 18.1 Å². The van der Waals surface area contributed by atoms with Gasteiger partial charge in [0.05, 0.1) is 25.3 Å². The van der Waals surface area contributed by atoms with Crippen LogP contribution in [0.5, 0.6) is 11.5 Å². The van der Waals surface area contributed by atoms with Gasteiger partial charge >= 0.3 is 0 Å². The molecule has 0 fully saturated rings. The van der Waals surface area contributed by atoms with Gasteiger partial charge in [-0.3, -0.25) is 0 Å². The first kappa shape index (κ1) is 16.1. The summed E-state index contributed by atoms with van der Waals surface area (Å²) in [6.45, 7) is 3.19. The fraction of sp³-hybridized carbons (Fsp3) is 0.571. The molecule has 0 saturated heterocycles. The van der Waals surface area contributed by atoms with Crippen molar-refractivity contribution < 1.29 is 14.6 Å². The van der Waals surface area contributed by atoms with E-state index in [1.54, 1.807) is 14.2 Å². The maximum absolute atomic E-state index is 9.64. The Hall–Kier alpha value is -0.970. The molecule has 0 bridgehead atoms. The number of aliphatic hydroxyl groups is 1. The number of hydrogen-bond donors (Lipinski definition) is 2. The summed E-state index contributed by atoms with van der Waals surface area (Å²) in [7, 11) is 3.14. The Morgan fingerprint density at radius 2 is 2.05 bits per heavy atom. The van der Waals surface area contributed by atoms with Gasteiger partial charge in [0, 0.05) is 13.1 Å². The summed E-state index contributed by atoms with van der Waals surface area (Å²) < 4.78 is 10.4. The van der Waals surface area contributed by atoms with E-state index in [-0.39, 0.29) is 6.10 Å². The van der Waals surface area contributed by atoms with Crippen molar-refractivity contribution in [1.82, 2.24) is 5.32 Å². The summed E-state index contributed by atoms with van der Waals surface area (Å²) in [6.07, 6.45) is 1.45. The fourth-order valence-corrected chi connectivity index (χ4v) is 2.18. The fourth-order valence-electron chi connectivity index (χ4n) is 1.88. The van der Waals surface area contributed by atoms with Gasteiger partial charge < -0.3 is 19.9 Å². The predicted molar refractivity (Wildman–Crippen MR) is 77.2 cm³/mol. The van der Waals surface area contributed by atoms with E-state index in [0.717, 1.165) is 18.4 Å². The molecule has 1 atom stereocenters. The molecule has 5 heteroatoms. The van der Waals surface area contributed by atoms with Gasteiger partial charge in [-0.1, -0.05) is 31.0 Å². The van der Waals surface area contributed by atoms with Gasteiger partial charge in [0.2, 0.25) is 0 Å². The number of rotatable bonds is 8. The van der Waals surface area contributed by atoms with Crippen molar-refractivity contribution in [3.05, 3.63) is 22.7 Å². The smallest absolute Gasteiger partial charge is 0.179 e. The molecule has 108 valence electrons. The Balaban J connectivity index is 2.64. The van der Waals surface area contributed by atoms with E-state index in [4.69, 9.17) is 21.1 Å². The third-order valence-corrected chi connectivity index (χ3v) is 3.30. The zero-order chi connectivity index (χ0) is 14.3. The number of methoxy groups -OCH3 is 2. The molecule has 1 aromatic rings. The van der Waals surface area contributed by atoms with Crippen molar-refractivity contribution in [2.24, 2.45) is 0 Å². The van der Waals surface area contributed by atoms with Crippen LogP contribution < -0.4 is 14.8 Å². The van der Waals surface area contributed by atoms with E-state index in [1.165, 1.54) is 0 Å². The minimum absolute atomic E-state index is 0.316. The lowest BCUT2D eigenvalue weighted by atomic mass is 10.1. The number of nitrogens with one attached hydrogen (secondary N) is 1. The first-order chi connectivity index (χ1) is 9.13. The standard InChI is InChI=1S/C14H22ClNO3/c1-4-5-11(17)9-16-8-10-6-7-12(18-2)14(19-3)13(10)15/h6-7,11,16-17H,4-5,8-9H2,1-3H3. The van der Waals surface area contributed by atoms with Crippen LogP contribution in [0.15, 0.2) is 12.1 Å². The second kappa shape index (κ2) is 8.25. The van der Waals surface area contributed by atoms with E-state index in [2.05, 4.69) is 12.2 Å². The highest BCUT2D eigenvalue weighted by molar-refractivity contribution is 6.33. The maximum Gasteiger partial charge on any atom is 0.179 e. The Kier molecular flexibility index (Phi) is 6.99. The molecule has 0 spiro atoms. The monoisotopic (exact) mass is 287 g/mol. The molecule has 1 rings (SSSR count). The van der Waals surface area contributed by atoms with Crippen LogP contribution >= 0.6 is 11.6 Å². The van der Waals surface area contributed by atoms with Crippen molar-refractivity contribution in [2.75, 3.05) is 20.8 Å². The van der Waals surface area contributed by atoms with Crippen LogP contribution in [-0.2, 0) is 6.54 Å². The van der Waals surface area contributed by atoms with Gasteiger partial charge in [-0.25, -0.2) is 0 Å². The third kappa shape index (κ3) is 4.56. The molecule has 0 aromatic heterocycles. The van der Waals surface area contributed by atoms with E-state index in [1.807, 2.05) is 12.1 Å². The number of halogens is 1. The van der Waals surface area contributed by atoms with Crippen molar-refractivity contribution in [1.29, 1.82) is 0 Å². The van der Waals surface area contributed by atoms with Crippen LogP contribution in [0.1, 0.15) is 25.3 Å². The summed E-state index contributed by atoms with van der Waals surface area (Å²) in [6, 6.07) is 3.72. The van der Waals surface area contributed by atoms with Crippen LogP contribution in [0.2, 0.25) is 5.02 Å². The molecule has 0 radical (unpaired) electrons. The van der Waals surface area contributed by atoms with Gasteiger partial charge in [0.15, 0.2) is 11.5 Å². The van der Waals surface area contributed by atoms with Gasteiger partial charge in [0.1, 0.15) is 0 Å². The molecule has 0 aliphatic carbocycles. The summed E-state index contributed by atoms with van der Waals surface area (Å²) in [5.74, 6) is 1.15. The molecule has 1 aromatic carbocycles. The molecule has 0 amide bonds. The quantitative estimate of drug-likeness (QED) is 0.772. The molecule has 0 aliphatic heterocycles. The van der Waals surface area contributed by atoms with Crippen LogP contribution in [0.4, 0.5) is 0 Å². The zero-order valence-electron chi connectivity index (χ0n) is 11.7. The topological polar surface area (TPSA) is 50.7 Å². The average Bonchev–Trinajstić information content (AvgIpc) is 2.40. The number of hydrogen-bond acceptors (Lipinski definition) is 4. The largest absolute Gasteiger partial charge is 0.493 e. The van der Waals surface area contributed by atoms with E-state index < -0.39 is 0 Å².